The van der Waals surface area contributed by atoms with Crippen LogP contribution in [0.5, 0.6) is 0 Å². The lowest BCUT2D eigenvalue weighted by molar-refractivity contribution is 0.0494. The van der Waals surface area contributed by atoms with Crippen LogP contribution >= 0.6 is 0 Å². The smallest absolute Gasteiger partial charge is 0.0252 e. The minimum Gasteiger partial charge on any atom is -0.309 e. The van der Waals surface area contributed by atoms with E-state index < -0.39 is 0 Å². The third kappa shape index (κ3) is 3.27. The summed E-state index contributed by atoms with van der Waals surface area (Å²) in [6, 6.07) is 0.729. The van der Waals surface area contributed by atoms with Gasteiger partial charge in [-0.15, -0.1) is 0 Å². The van der Waals surface area contributed by atoms with Crippen molar-refractivity contribution in [3.05, 3.63) is 0 Å². The van der Waals surface area contributed by atoms with Crippen LogP contribution < -0.4 is 5.32 Å². The Balaban J connectivity index is 2.01. The molecule has 2 nitrogen and oxygen atoms in total. The second kappa shape index (κ2) is 5.13. The average molecular weight is 252 g/mol. The van der Waals surface area contributed by atoms with E-state index in [0.29, 0.717) is 5.41 Å². The largest absolute Gasteiger partial charge is 0.309 e. The van der Waals surface area contributed by atoms with Crippen molar-refractivity contribution in [1.29, 1.82) is 0 Å². The standard InChI is InChI=1S/C16H32N2/c1-6-7-16(8-9-16)12-18-11-15(4,5)17-10-14(18)13(2)3/h13-14,17H,6-12H2,1-5H3. The van der Waals surface area contributed by atoms with Crippen molar-refractivity contribution in [3.63, 3.8) is 0 Å². The SMILES string of the molecule is CCCC1(CN2CC(C)(C)NCC2C(C)C)CC1. The zero-order valence-electron chi connectivity index (χ0n) is 13.1. The van der Waals surface area contributed by atoms with Gasteiger partial charge < -0.3 is 5.32 Å². The maximum atomic E-state index is 3.72. The second-order valence-electron chi connectivity index (χ2n) is 7.73. The summed E-state index contributed by atoms with van der Waals surface area (Å²) in [6.45, 7) is 15.5. The van der Waals surface area contributed by atoms with E-state index in [1.165, 1.54) is 38.8 Å². The summed E-state index contributed by atoms with van der Waals surface area (Å²) in [4.78, 5) is 2.80. The van der Waals surface area contributed by atoms with E-state index in [0.717, 1.165) is 18.5 Å². The van der Waals surface area contributed by atoms with Crippen LogP contribution in [0.2, 0.25) is 0 Å². The molecule has 2 aliphatic rings. The molecule has 0 aromatic carbocycles. The highest BCUT2D eigenvalue weighted by molar-refractivity contribution is 5.00. The molecule has 18 heavy (non-hydrogen) atoms. The minimum atomic E-state index is 0.285. The molecule has 1 N–H and O–H groups in total. The van der Waals surface area contributed by atoms with Crippen molar-refractivity contribution >= 4 is 0 Å². The van der Waals surface area contributed by atoms with Crippen LogP contribution in [0.1, 0.15) is 60.3 Å². The van der Waals surface area contributed by atoms with E-state index in [1.54, 1.807) is 0 Å². The van der Waals surface area contributed by atoms with Gasteiger partial charge in [-0.2, -0.15) is 0 Å². The van der Waals surface area contributed by atoms with Crippen molar-refractivity contribution in [1.82, 2.24) is 10.2 Å². The van der Waals surface area contributed by atoms with Crippen molar-refractivity contribution in [2.45, 2.75) is 71.9 Å². The first-order valence-electron chi connectivity index (χ1n) is 7.87. The summed E-state index contributed by atoms with van der Waals surface area (Å²) >= 11 is 0. The molecule has 1 aliphatic carbocycles. The second-order valence-corrected chi connectivity index (χ2v) is 7.73. The van der Waals surface area contributed by atoms with Crippen LogP contribution in [-0.2, 0) is 0 Å². The van der Waals surface area contributed by atoms with Crippen LogP contribution in [0.3, 0.4) is 0 Å². The number of nitrogens with zero attached hydrogens (tertiary/aromatic N) is 1. The van der Waals surface area contributed by atoms with Gasteiger partial charge in [-0.05, 0) is 44.4 Å². The van der Waals surface area contributed by atoms with E-state index in [9.17, 15) is 0 Å². The fraction of sp³-hybridized carbons (Fsp3) is 1.00. The molecule has 0 aromatic rings. The van der Waals surface area contributed by atoms with Gasteiger partial charge in [-0.3, -0.25) is 4.90 Å². The Morgan fingerprint density at radius 2 is 1.94 bits per heavy atom. The van der Waals surface area contributed by atoms with Crippen molar-refractivity contribution in [3.8, 4) is 0 Å². The Labute approximate surface area is 114 Å². The van der Waals surface area contributed by atoms with Gasteiger partial charge in [-0.1, -0.05) is 27.2 Å². The van der Waals surface area contributed by atoms with E-state index >= 15 is 0 Å². The van der Waals surface area contributed by atoms with Gasteiger partial charge >= 0.3 is 0 Å². The first-order chi connectivity index (χ1) is 8.37. The molecule has 0 amide bonds. The summed E-state index contributed by atoms with van der Waals surface area (Å²) in [6.07, 6.45) is 5.72. The van der Waals surface area contributed by atoms with Gasteiger partial charge in [0.05, 0.1) is 0 Å². The minimum absolute atomic E-state index is 0.285. The third-order valence-corrected chi connectivity index (χ3v) is 4.90. The Hall–Kier alpha value is -0.0800. The number of piperazine rings is 1. The summed E-state index contributed by atoms with van der Waals surface area (Å²) in [5.41, 5.74) is 0.975. The zero-order valence-corrected chi connectivity index (χ0v) is 13.1. The van der Waals surface area contributed by atoms with Crippen molar-refractivity contribution < 1.29 is 0 Å². The first kappa shape index (κ1) is 14.3. The molecule has 1 atom stereocenters. The molecule has 1 saturated carbocycles. The van der Waals surface area contributed by atoms with Gasteiger partial charge in [0.2, 0.25) is 0 Å². The quantitative estimate of drug-likeness (QED) is 0.808. The molecule has 0 spiro atoms. The highest BCUT2D eigenvalue weighted by Crippen LogP contribution is 2.50. The lowest BCUT2D eigenvalue weighted by atomic mass is 9.90. The fourth-order valence-corrected chi connectivity index (χ4v) is 3.65. The topological polar surface area (TPSA) is 15.3 Å². The third-order valence-electron chi connectivity index (χ3n) is 4.90. The molecule has 106 valence electrons. The van der Waals surface area contributed by atoms with Crippen LogP contribution in [0.4, 0.5) is 0 Å². The predicted octanol–water partition coefficient (Wildman–Crippen LogP) is 3.28. The van der Waals surface area contributed by atoms with E-state index in [-0.39, 0.29) is 5.54 Å². The molecular formula is C16H32N2. The van der Waals surface area contributed by atoms with Crippen LogP contribution in [0.15, 0.2) is 0 Å². The molecule has 1 heterocycles. The van der Waals surface area contributed by atoms with Gasteiger partial charge in [0.1, 0.15) is 0 Å². The summed E-state index contributed by atoms with van der Waals surface area (Å²) in [5.74, 6) is 0.756. The average Bonchev–Trinajstić information content (AvgIpc) is 2.96. The van der Waals surface area contributed by atoms with Gasteiger partial charge in [0, 0.05) is 31.2 Å². The van der Waals surface area contributed by atoms with Gasteiger partial charge in [0.15, 0.2) is 0 Å². The van der Waals surface area contributed by atoms with Crippen molar-refractivity contribution in [2.24, 2.45) is 11.3 Å². The van der Waals surface area contributed by atoms with E-state index in [4.69, 9.17) is 0 Å². The maximum absolute atomic E-state index is 3.72. The van der Waals surface area contributed by atoms with Crippen LogP contribution in [0, 0.1) is 11.3 Å². The normalized spacial score (nSPS) is 30.7. The molecule has 2 heteroatoms. The van der Waals surface area contributed by atoms with Crippen LogP contribution in [-0.4, -0.2) is 36.1 Å². The Bertz CT molecular complexity index is 279. The molecule has 1 aliphatic heterocycles. The molecular weight excluding hydrogens is 220 g/mol. The molecule has 2 fully saturated rings. The Morgan fingerprint density at radius 3 is 2.44 bits per heavy atom. The van der Waals surface area contributed by atoms with E-state index in [2.05, 4.69) is 44.8 Å². The highest BCUT2D eigenvalue weighted by atomic mass is 15.3. The molecule has 1 saturated heterocycles. The number of hydrogen-bond donors (Lipinski definition) is 1. The van der Waals surface area contributed by atoms with Gasteiger partial charge in [-0.25, -0.2) is 0 Å². The molecule has 0 radical (unpaired) electrons. The number of rotatable bonds is 5. The van der Waals surface area contributed by atoms with Crippen LogP contribution in [0.25, 0.3) is 0 Å². The lowest BCUT2D eigenvalue weighted by Gasteiger charge is -2.47. The molecule has 0 aromatic heterocycles. The monoisotopic (exact) mass is 252 g/mol. The summed E-state index contributed by atoms with van der Waals surface area (Å²) in [7, 11) is 0. The number of hydrogen-bond acceptors (Lipinski definition) is 2. The Kier molecular flexibility index (Phi) is 4.08. The predicted molar refractivity (Wildman–Crippen MR) is 78.9 cm³/mol. The maximum Gasteiger partial charge on any atom is 0.0252 e. The Morgan fingerprint density at radius 1 is 1.28 bits per heavy atom. The summed E-state index contributed by atoms with van der Waals surface area (Å²) in [5, 5.41) is 3.72. The number of nitrogens with one attached hydrogen (secondary N) is 1. The molecule has 1 unspecified atom stereocenters. The lowest BCUT2D eigenvalue weighted by Crippen LogP contribution is -2.63. The highest BCUT2D eigenvalue weighted by Gasteiger charge is 2.45. The summed E-state index contributed by atoms with van der Waals surface area (Å²) < 4.78 is 0. The zero-order chi connectivity index (χ0) is 13.4. The molecule has 2 rings (SSSR count). The van der Waals surface area contributed by atoms with Gasteiger partial charge in [0.25, 0.3) is 0 Å². The molecule has 0 bridgehead atoms. The van der Waals surface area contributed by atoms with E-state index in [1.807, 2.05) is 0 Å². The van der Waals surface area contributed by atoms with Crippen molar-refractivity contribution in [2.75, 3.05) is 19.6 Å². The fourth-order valence-electron chi connectivity index (χ4n) is 3.65. The first-order valence-corrected chi connectivity index (χ1v) is 7.87.